The second-order valence-corrected chi connectivity index (χ2v) is 5.49. The van der Waals surface area contributed by atoms with Gasteiger partial charge in [0.1, 0.15) is 23.5 Å². The molecular formula is C18H11N7O. The summed E-state index contributed by atoms with van der Waals surface area (Å²) in [7, 11) is 0. The number of imidazole rings is 1. The molecule has 0 bridgehead atoms. The summed E-state index contributed by atoms with van der Waals surface area (Å²) >= 11 is 0. The molecule has 1 N–H and O–H groups in total. The minimum atomic E-state index is 0.493. The lowest BCUT2D eigenvalue weighted by molar-refractivity contribution is 0.580. The van der Waals surface area contributed by atoms with Gasteiger partial charge in [-0.3, -0.25) is 4.98 Å². The van der Waals surface area contributed by atoms with Crippen molar-refractivity contribution in [1.82, 2.24) is 34.9 Å². The Balaban J connectivity index is 1.75. The smallest absolute Gasteiger partial charge is 0.198 e. The highest BCUT2D eigenvalue weighted by Gasteiger charge is 2.18. The second-order valence-electron chi connectivity index (χ2n) is 5.49. The quantitative estimate of drug-likeness (QED) is 0.537. The van der Waals surface area contributed by atoms with Gasteiger partial charge in [0.05, 0.1) is 12.0 Å². The van der Waals surface area contributed by atoms with Crippen LogP contribution < -0.4 is 0 Å². The number of pyridine rings is 1. The lowest BCUT2D eigenvalue weighted by Gasteiger charge is -2.04. The van der Waals surface area contributed by atoms with Crippen LogP contribution in [0.2, 0.25) is 0 Å². The number of fused-ring (bicyclic) bond motifs is 1. The highest BCUT2D eigenvalue weighted by atomic mass is 16.3. The monoisotopic (exact) mass is 341 g/mol. The summed E-state index contributed by atoms with van der Waals surface area (Å²) in [6, 6.07) is 9.18. The normalized spacial score (nSPS) is 11.1. The Bertz CT molecular complexity index is 1170. The van der Waals surface area contributed by atoms with Gasteiger partial charge in [0.25, 0.3) is 0 Å². The van der Waals surface area contributed by atoms with Crippen LogP contribution in [0.1, 0.15) is 0 Å². The molecule has 5 aromatic rings. The molecule has 8 heteroatoms. The topological polar surface area (TPSA) is 106 Å². The zero-order valence-electron chi connectivity index (χ0n) is 13.4. The molecule has 5 aromatic heterocycles. The summed E-state index contributed by atoms with van der Waals surface area (Å²) in [4.78, 5) is 29.5. The number of rotatable bonds is 3. The molecule has 5 heterocycles. The summed E-state index contributed by atoms with van der Waals surface area (Å²) < 4.78 is 5.53. The molecule has 0 atom stereocenters. The van der Waals surface area contributed by atoms with E-state index in [-0.39, 0.29) is 0 Å². The SMILES string of the molecule is c1cncc(-c2nc3nc(-c4ccncn4)c(-c4ccco4)nc3[nH]2)c1. The third-order valence-corrected chi connectivity index (χ3v) is 3.85. The molecule has 0 radical (unpaired) electrons. The van der Waals surface area contributed by atoms with E-state index in [1.165, 1.54) is 6.33 Å². The van der Waals surface area contributed by atoms with Gasteiger partial charge in [-0.2, -0.15) is 0 Å². The fourth-order valence-corrected chi connectivity index (χ4v) is 2.67. The predicted molar refractivity (Wildman–Crippen MR) is 93.6 cm³/mol. The van der Waals surface area contributed by atoms with Crippen molar-refractivity contribution >= 4 is 11.3 Å². The number of aromatic amines is 1. The van der Waals surface area contributed by atoms with Crippen molar-refractivity contribution in [2.75, 3.05) is 0 Å². The van der Waals surface area contributed by atoms with Crippen LogP contribution in [0.15, 0.2) is 65.9 Å². The first kappa shape index (κ1) is 14.4. The van der Waals surface area contributed by atoms with E-state index in [4.69, 9.17) is 4.42 Å². The van der Waals surface area contributed by atoms with Crippen molar-refractivity contribution < 1.29 is 4.42 Å². The first-order valence-electron chi connectivity index (χ1n) is 7.87. The fraction of sp³-hybridized carbons (Fsp3) is 0. The van der Waals surface area contributed by atoms with Crippen molar-refractivity contribution in [2.24, 2.45) is 0 Å². The molecule has 0 fully saturated rings. The maximum Gasteiger partial charge on any atom is 0.198 e. The molecule has 0 aromatic carbocycles. The number of aromatic nitrogens is 7. The van der Waals surface area contributed by atoms with Gasteiger partial charge >= 0.3 is 0 Å². The molecule has 26 heavy (non-hydrogen) atoms. The lowest BCUT2D eigenvalue weighted by atomic mass is 10.2. The van der Waals surface area contributed by atoms with E-state index in [0.29, 0.717) is 40.0 Å². The first-order valence-corrected chi connectivity index (χ1v) is 7.87. The van der Waals surface area contributed by atoms with Gasteiger partial charge in [0.2, 0.25) is 0 Å². The van der Waals surface area contributed by atoms with Gasteiger partial charge in [0, 0.05) is 24.2 Å². The molecule has 0 spiro atoms. The average Bonchev–Trinajstić information content (AvgIpc) is 3.38. The van der Waals surface area contributed by atoms with Gasteiger partial charge in [-0.1, -0.05) is 0 Å². The molecule has 0 aliphatic rings. The number of hydrogen-bond acceptors (Lipinski definition) is 7. The van der Waals surface area contributed by atoms with Crippen LogP contribution in [0.5, 0.6) is 0 Å². The number of nitrogens with one attached hydrogen (secondary N) is 1. The highest BCUT2D eigenvalue weighted by Crippen LogP contribution is 2.30. The van der Waals surface area contributed by atoms with Gasteiger partial charge in [-0.25, -0.2) is 24.9 Å². The van der Waals surface area contributed by atoms with Crippen molar-refractivity contribution in [3.63, 3.8) is 0 Å². The van der Waals surface area contributed by atoms with E-state index in [9.17, 15) is 0 Å². The van der Waals surface area contributed by atoms with Gasteiger partial charge in [0.15, 0.2) is 17.1 Å². The summed E-state index contributed by atoms with van der Waals surface area (Å²) in [6.07, 6.45) is 8.17. The van der Waals surface area contributed by atoms with Crippen molar-refractivity contribution in [3.05, 3.63) is 61.5 Å². The third kappa shape index (κ3) is 2.40. The second kappa shape index (κ2) is 5.85. The Morgan fingerprint density at radius 2 is 1.88 bits per heavy atom. The summed E-state index contributed by atoms with van der Waals surface area (Å²) in [5.41, 5.74) is 3.73. The van der Waals surface area contributed by atoms with E-state index in [2.05, 4.69) is 34.9 Å². The van der Waals surface area contributed by atoms with Crippen LogP contribution in [-0.2, 0) is 0 Å². The molecule has 5 rings (SSSR count). The summed E-state index contributed by atoms with van der Waals surface area (Å²) in [5.74, 6) is 1.25. The van der Waals surface area contributed by atoms with Crippen molar-refractivity contribution in [3.8, 4) is 34.2 Å². The van der Waals surface area contributed by atoms with E-state index in [0.717, 1.165) is 5.56 Å². The van der Waals surface area contributed by atoms with Gasteiger partial charge in [-0.05, 0) is 30.3 Å². The minimum absolute atomic E-state index is 0.493. The number of H-pyrrole nitrogens is 1. The van der Waals surface area contributed by atoms with E-state index < -0.39 is 0 Å². The lowest BCUT2D eigenvalue weighted by Crippen LogP contribution is -1.96. The van der Waals surface area contributed by atoms with Crippen molar-refractivity contribution in [1.29, 1.82) is 0 Å². The molecule has 0 saturated heterocycles. The number of nitrogens with zero attached hydrogens (tertiary/aromatic N) is 6. The number of furan rings is 1. The largest absolute Gasteiger partial charge is 0.463 e. The third-order valence-electron chi connectivity index (χ3n) is 3.85. The van der Waals surface area contributed by atoms with Crippen LogP contribution in [0.3, 0.4) is 0 Å². The zero-order valence-corrected chi connectivity index (χ0v) is 13.4. The molecule has 124 valence electrons. The van der Waals surface area contributed by atoms with Gasteiger partial charge in [-0.15, -0.1) is 0 Å². The van der Waals surface area contributed by atoms with Crippen LogP contribution in [0.4, 0.5) is 0 Å². The Morgan fingerprint density at radius 3 is 2.65 bits per heavy atom. The first-order chi connectivity index (χ1) is 12.9. The standard InChI is InChI=1S/C18H11N7O/c1-3-11(9-19-6-1)16-24-17-18(25-16)23-15(13-4-2-8-26-13)14(22-17)12-5-7-20-10-21-12/h1-10H,(H,22,23,24,25). The molecule has 0 unspecified atom stereocenters. The molecule has 0 aliphatic heterocycles. The Kier molecular flexibility index (Phi) is 3.24. The Hall–Kier alpha value is -3.94. The molecule has 0 aliphatic carbocycles. The van der Waals surface area contributed by atoms with Crippen molar-refractivity contribution in [2.45, 2.75) is 0 Å². The minimum Gasteiger partial charge on any atom is -0.463 e. The summed E-state index contributed by atoms with van der Waals surface area (Å²) in [6.45, 7) is 0. The fourth-order valence-electron chi connectivity index (χ4n) is 2.67. The van der Waals surface area contributed by atoms with Crippen LogP contribution >= 0.6 is 0 Å². The average molecular weight is 341 g/mol. The van der Waals surface area contributed by atoms with E-state index in [1.807, 2.05) is 18.2 Å². The van der Waals surface area contributed by atoms with Gasteiger partial charge < -0.3 is 9.40 Å². The molecule has 8 nitrogen and oxygen atoms in total. The number of hydrogen-bond donors (Lipinski definition) is 1. The zero-order chi connectivity index (χ0) is 17.3. The molecular weight excluding hydrogens is 330 g/mol. The highest BCUT2D eigenvalue weighted by molar-refractivity contribution is 5.82. The molecule has 0 amide bonds. The van der Waals surface area contributed by atoms with E-state index >= 15 is 0 Å². The van der Waals surface area contributed by atoms with Crippen LogP contribution in [0, 0.1) is 0 Å². The predicted octanol–water partition coefficient (Wildman–Crippen LogP) is 3.13. The Labute approximate surface area is 147 Å². The summed E-state index contributed by atoms with van der Waals surface area (Å²) in [5, 5.41) is 0. The van der Waals surface area contributed by atoms with E-state index in [1.54, 1.807) is 37.0 Å². The Morgan fingerprint density at radius 1 is 0.885 bits per heavy atom. The maximum absolute atomic E-state index is 5.53. The molecule has 0 saturated carbocycles. The van der Waals surface area contributed by atoms with Crippen LogP contribution in [-0.4, -0.2) is 34.9 Å². The maximum atomic E-state index is 5.53. The van der Waals surface area contributed by atoms with Crippen LogP contribution in [0.25, 0.3) is 45.5 Å².